The Balaban J connectivity index is 1.79. The number of anilines is 3. The molecule has 3 N–H and O–H groups in total. The first-order chi connectivity index (χ1) is 14.8. The molecule has 0 saturated carbocycles. The second-order valence-corrected chi connectivity index (χ2v) is 7.08. The van der Waals surface area contributed by atoms with Crippen LogP contribution in [0.25, 0.3) is 0 Å². The summed E-state index contributed by atoms with van der Waals surface area (Å²) in [7, 11) is 0. The minimum absolute atomic E-state index is 0.122. The Labute approximate surface area is 180 Å². The first-order valence-electron chi connectivity index (χ1n) is 9.67. The lowest BCUT2D eigenvalue weighted by atomic mass is 10.1. The second-order valence-electron chi connectivity index (χ2n) is 7.08. The van der Waals surface area contributed by atoms with Gasteiger partial charge in [0.05, 0.1) is 5.56 Å². The van der Waals surface area contributed by atoms with Gasteiger partial charge in [0.15, 0.2) is 0 Å². The van der Waals surface area contributed by atoms with Gasteiger partial charge in [-0.25, -0.2) is 9.59 Å². The number of para-hydroxylation sites is 1. The van der Waals surface area contributed by atoms with Crippen LogP contribution in [0.3, 0.4) is 0 Å². The summed E-state index contributed by atoms with van der Waals surface area (Å²) < 4.78 is 0. The summed E-state index contributed by atoms with van der Waals surface area (Å²) in [4.78, 5) is 38.0. The van der Waals surface area contributed by atoms with E-state index in [1.165, 1.54) is 29.2 Å². The lowest BCUT2D eigenvalue weighted by molar-refractivity contribution is -0.114. The third kappa shape index (κ3) is 5.70. The summed E-state index contributed by atoms with van der Waals surface area (Å²) in [6.07, 6.45) is 0. The fourth-order valence-electron chi connectivity index (χ4n) is 2.93. The van der Waals surface area contributed by atoms with Crippen LogP contribution in [0.5, 0.6) is 0 Å². The van der Waals surface area contributed by atoms with Gasteiger partial charge < -0.3 is 15.7 Å². The van der Waals surface area contributed by atoms with Crippen LogP contribution in [0.2, 0.25) is 0 Å². The van der Waals surface area contributed by atoms with Crippen molar-refractivity contribution in [2.24, 2.45) is 0 Å². The number of carbonyl (C=O) groups excluding carboxylic acids is 2. The van der Waals surface area contributed by atoms with Crippen molar-refractivity contribution in [2.45, 2.75) is 13.8 Å². The summed E-state index contributed by atoms with van der Waals surface area (Å²) in [5.41, 5.74) is 3.85. The van der Waals surface area contributed by atoms with E-state index in [1.807, 2.05) is 44.2 Å². The molecule has 0 saturated heterocycles. The molecule has 0 spiro atoms. The van der Waals surface area contributed by atoms with Crippen molar-refractivity contribution in [3.05, 3.63) is 89.5 Å². The predicted molar refractivity (Wildman–Crippen MR) is 121 cm³/mol. The number of carboxylic acids is 1. The number of carboxylic acid groups (broad SMARTS) is 1. The molecule has 0 aliphatic carbocycles. The summed E-state index contributed by atoms with van der Waals surface area (Å²) in [6.45, 7) is 3.69. The number of amides is 3. The van der Waals surface area contributed by atoms with Gasteiger partial charge in [-0.3, -0.25) is 9.69 Å². The fraction of sp³-hybridized carbons (Fsp3) is 0.125. The van der Waals surface area contributed by atoms with E-state index in [-0.39, 0.29) is 12.1 Å². The van der Waals surface area contributed by atoms with Crippen molar-refractivity contribution in [1.82, 2.24) is 0 Å². The van der Waals surface area contributed by atoms with Crippen molar-refractivity contribution in [1.29, 1.82) is 0 Å². The molecule has 3 aromatic rings. The molecule has 3 amide bonds. The number of rotatable bonds is 6. The highest BCUT2D eigenvalue weighted by Crippen LogP contribution is 2.20. The van der Waals surface area contributed by atoms with E-state index in [0.29, 0.717) is 17.1 Å². The zero-order valence-electron chi connectivity index (χ0n) is 17.3. The molecule has 0 fully saturated rings. The highest BCUT2D eigenvalue weighted by atomic mass is 16.4. The Kier molecular flexibility index (Phi) is 6.67. The lowest BCUT2D eigenvalue weighted by Crippen LogP contribution is -2.40. The smallest absolute Gasteiger partial charge is 0.335 e. The molecule has 3 rings (SSSR count). The molecule has 0 unspecified atom stereocenters. The molecule has 31 heavy (non-hydrogen) atoms. The van der Waals surface area contributed by atoms with E-state index < -0.39 is 17.9 Å². The van der Waals surface area contributed by atoms with Gasteiger partial charge in [-0.1, -0.05) is 24.3 Å². The minimum atomic E-state index is -1.05. The van der Waals surface area contributed by atoms with Crippen LogP contribution < -0.4 is 15.5 Å². The molecular formula is C24H23N3O4. The van der Waals surface area contributed by atoms with Gasteiger partial charge in [0.1, 0.15) is 6.54 Å². The van der Waals surface area contributed by atoms with Gasteiger partial charge >= 0.3 is 12.0 Å². The van der Waals surface area contributed by atoms with Gasteiger partial charge in [-0.15, -0.1) is 0 Å². The number of urea groups is 1. The van der Waals surface area contributed by atoms with Crippen molar-refractivity contribution >= 4 is 35.0 Å². The number of aromatic carboxylic acids is 1. The van der Waals surface area contributed by atoms with Gasteiger partial charge in [0.25, 0.3) is 0 Å². The first-order valence-corrected chi connectivity index (χ1v) is 9.67. The van der Waals surface area contributed by atoms with Crippen molar-refractivity contribution < 1.29 is 19.5 Å². The SMILES string of the molecule is Cc1ccc(N(CC(=O)Nc2ccc(C(=O)O)cc2)C(=O)Nc2ccccc2)cc1C. The standard InChI is InChI=1S/C24H23N3O4/c1-16-8-13-21(14-17(16)2)27(24(31)26-19-6-4-3-5-7-19)15-22(28)25-20-11-9-18(10-12-20)23(29)30/h3-14H,15H2,1-2H3,(H,25,28)(H,26,31)(H,29,30). The largest absolute Gasteiger partial charge is 0.478 e. The molecular weight excluding hydrogens is 394 g/mol. The number of aryl methyl sites for hydroxylation is 2. The maximum absolute atomic E-state index is 13.0. The topological polar surface area (TPSA) is 98.7 Å². The van der Waals surface area contributed by atoms with E-state index in [2.05, 4.69) is 10.6 Å². The number of hydrogen-bond donors (Lipinski definition) is 3. The van der Waals surface area contributed by atoms with Crippen LogP contribution in [0.1, 0.15) is 21.5 Å². The highest BCUT2D eigenvalue weighted by Gasteiger charge is 2.20. The summed E-state index contributed by atoms with van der Waals surface area (Å²) in [5, 5.41) is 14.5. The normalized spacial score (nSPS) is 10.3. The van der Waals surface area contributed by atoms with E-state index in [1.54, 1.807) is 18.2 Å². The molecule has 0 radical (unpaired) electrons. The molecule has 0 aromatic heterocycles. The highest BCUT2D eigenvalue weighted by molar-refractivity contribution is 6.07. The average Bonchev–Trinajstić information content (AvgIpc) is 2.75. The van der Waals surface area contributed by atoms with Crippen molar-refractivity contribution in [2.75, 3.05) is 22.1 Å². The van der Waals surface area contributed by atoms with Gasteiger partial charge in [-0.05, 0) is 73.5 Å². The average molecular weight is 417 g/mol. The Morgan fingerprint density at radius 2 is 1.45 bits per heavy atom. The van der Waals surface area contributed by atoms with E-state index in [9.17, 15) is 14.4 Å². The molecule has 0 atom stereocenters. The molecule has 7 nitrogen and oxygen atoms in total. The van der Waals surface area contributed by atoms with E-state index >= 15 is 0 Å². The zero-order chi connectivity index (χ0) is 22.4. The summed E-state index contributed by atoms with van der Waals surface area (Å²) in [5.74, 6) is -1.46. The van der Waals surface area contributed by atoms with Crippen LogP contribution in [0.4, 0.5) is 21.9 Å². The third-order valence-electron chi connectivity index (χ3n) is 4.79. The van der Waals surface area contributed by atoms with Gasteiger partial charge in [0.2, 0.25) is 5.91 Å². The summed E-state index contributed by atoms with van der Waals surface area (Å²) >= 11 is 0. The number of hydrogen-bond acceptors (Lipinski definition) is 3. The molecule has 158 valence electrons. The Morgan fingerprint density at radius 1 is 0.806 bits per heavy atom. The summed E-state index contributed by atoms with van der Waals surface area (Å²) in [6, 6.07) is 19.9. The maximum Gasteiger partial charge on any atom is 0.335 e. The Hall–Kier alpha value is -4.13. The van der Waals surface area contributed by atoms with E-state index in [4.69, 9.17) is 5.11 Å². The molecule has 0 aliphatic heterocycles. The fourth-order valence-corrected chi connectivity index (χ4v) is 2.93. The Morgan fingerprint density at radius 3 is 2.06 bits per heavy atom. The number of carbonyl (C=O) groups is 3. The van der Waals surface area contributed by atoms with Crippen LogP contribution in [0.15, 0.2) is 72.8 Å². The van der Waals surface area contributed by atoms with Crippen LogP contribution >= 0.6 is 0 Å². The Bertz CT molecular complexity index is 1100. The quantitative estimate of drug-likeness (QED) is 0.542. The lowest BCUT2D eigenvalue weighted by Gasteiger charge is -2.23. The first kappa shape index (κ1) is 21.6. The number of nitrogens with one attached hydrogen (secondary N) is 2. The number of nitrogens with zero attached hydrogens (tertiary/aromatic N) is 1. The second kappa shape index (κ2) is 9.58. The van der Waals surface area contributed by atoms with E-state index in [0.717, 1.165) is 11.1 Å². The van der Waals surface area contributed by atoms with Gasteiger partial charge in [-0.2, -0.15) is 0 Å². The molecule has 3 aromatic carbocycles. The van der Waals surface area contributed by atoms with Gasteiger partial charge in [0, 0.05) is 17.1 Å². The zero-order valence-corrected chi connectivity index (χ0v) is 17.3. The molecule has 7 heteroatoms. The van der Waals surface area contributed by atoms with Crippen LogP contribution in [-0.4, -0.2) is 29.6 Å². The molecule has 0 heterocycles. The molecule has 0 bridgehead atoms. The monoisotopic (exact) mass is 417 g/mol. The van der Waals surface area contributed by atoms with Crippen LogP contribution in [-0.2, 0) is 4.79 Å². The van der Waals surface area contributed by atoms with Crippen molar-refractivity contribution in [3.63, 3.8) is 0 Å². The number of benzene rings is 3. The third-order valence-corrected chi connectivity index (χ3v) is 4.79. The van der Waals surface area contributed by atoms with Crippen molar-refractivity contribution in [3.8, 4) is 0 Å². The minimum Gasteiger partial charge on any atom is -0.478 e. The van der Waals surface area contributed by atoms with Crippen LogP contribution in [0, 0.1) is 13.8 Å². The maximum atomic E-state index is 13.0. The molecule has 0 aliphatic rings. The predicted octanol–water partition coefficient (Wildman–Crippen LogP) is 4.68.